The van der Waals surface area contributed by atoms with Crippen LogP contribution in [0.3, 0.4) is 0 Å². The number of hydrogen-bond donors (Lipinski definition) is 0. The van der Waals surface area contributed by atoms with E-state index in [0.717, 1.165) is 46.3 Å². The Morgan fingerprint density at radius 2 is 0.981 bits per heavy atom. The summed E-state index contributed by atoms with van der Waals surface area (Å²) in [5.74, 6) is 0.224. The second-order valence-corrected chi connectivity index (χ2v) is 18.4. The van der Waals surface area contributed by atoms with Gasteiger partial charge in [-0.25, -0.2) is 0 Å². The van der Waals surface area contributed by atoms with Crippen molar-refractivity contribution in [2.75, 3.05) is 22.9 Å². The van der Waals surface area contributed by atoms with E-state index >= 15 is 0 Å². The third kappa shape index (κ3) is 7.42. The Bertz CT molecular complexity index is 1730. The lowest BCUT2D eigenvalue weighted by Crippen LogP contribution is -2.41. The van der Waals surface area contributed by atoms with Crippen molar-refractivity contribution in [2.45, 2.75) is 150 Å². The normalized spacial score (nSPS) is 23.1. The summed E-state index contributed by atoms with van der Waals surface area (Å²) >= 11 is 0. The Kier molecular flexibility index (Phi) is 11.0. The highest BCUT2D eigenvalue weighted by molar-refractivity contribution is 6.63. The maximum Gasteiger partial charge on any atom is 0.494 e. The second kappa shape index (κ2) is 14.6. The second-order valence-electron chi connectivity index (χ2n) is 18.4. The number of nitrogens with zero attached hydrogens (tertiary/aromatic N) is 2. The minimum atomic E-state index is -0.566. The molecule has 2 saturated heterocycles. The van der Waals surface area contributed by atoms with Crippen LogP contribution in [0.2, 0.25) is 0 Å². The van der Waals surface area contributed by atoms with Gasteiger partial charge in [0.25, 0.3) is 11.8 Å². The van der Waals surface area contributed by atoms with Crippen molar-refractivity contribution in [3.63, 3.8) is 0 Å². The van der Waals surface area contributed by atoms with Crippen LogP contribution in [-0.4, -0.2) is 61.5 Å². The summed E-state index contributed by atoms with van der Waals surface area (Å²) in [4.78, 5) is 33.3. The molecule has 2 aromatic carbocycles. The van der Waals surface area contributed by atoms with Gasteiger partial charge in [0.2, 0.25) is 0 Å². The molecular weight excluding hydrogens is 662 g/mol. The molecule has 0 bridgehead atoms. The van der Waals surface area contributed by atoms with Gasteiger partial charge in [-0.05, 0) is 96.7 Å². The molecule has 2 aromatic rings. The molecule has 4 aliphatic rings. The quantitative estimate of drug-likeness (QED) is 0.119. The Hall–Kier alpha value is -2.91. The molecule has 2 fully saturated rings. The van der Waals surface area contributed by atoms with Gasteiger partial charge >= 0.3 is 14.2 Å². The van der Waals surface area contributed by atoms with Crippen molar-refractivity contribution in [1.29, 1.82) is 0 Å². The highest BCUT2D eigenvalue weighted by atomic mass is 16.7. The topological polar surface area (TPSA) is 77.5 Å². The summed E-state index contributed by atoms with van der Waals surface area (Å²) in [6.07, 6.45) is 8.45. The summed E-state index contributed by atoms with van der Waals surface area (Å²) in [6.45, 7) is 26.1. The molecule has 0 aromatic heterocycles. The zero-order valence-corrected chi connectivity index (χ0v) is 34.5. The van der Waals surface area contributed by atoms with E-state index in [2.05, 4.69) is 27.7 Å². The molecule has 6 rings (SSSR count). The molecule has 0 N–H and O–H groups in total. The van der Waals surface area contributed by atoms with Crippen LogP contribution < -0.4 is 20.7 Å². The highest BCUT2D eigenvalue weighted by Gasteiger charge is 2.54. The molecule has 1 unspecified atom stereocenters. The molecule has 53 heavy (non-hydrogen) atoms. The van der Waals surface area contributed by atoms with Crippen molar-refractivity contribution in [3.05, 3.63) is 47.5 Å². The smallest absolute Gasteiger partial charge is 0.399 e. The van der Waals surface area contributed by atoms with Gasteiger partial charge in [-0.1, -0.05) is 90.5 Å². The number of carbonyl (C=O) groups is 2. The van der Waals surface area contributed by atoms with Gasteiger partial charge in [0, 0.05) is 24.2 Å². The standard InChI is InChI=1S/C43H62B2N2O6/c1-13-14-15-16-17-18-19-29(4)27-47-35-25-31(45-52-42(9,10)43(11,12)53-45)21-23-33(35)37(39(47)49)36-32-22-20-30(44-50-40(5,6)41(7,8)51-44)24-34(32)46(38(36)48)26-28(2)3/h20-25,28-29H,13-19,26-27H2,1-12H3/b37-36+. The first kappa shape index (κ1) is 39.8. The number of hydrogen-bond acceptors (Lipinski definition) is 6. The predicted molar refractivity (Wildman–Crippen MR) is 218 cm³/mol. The average Bonchev–Trinajstić information content (AvgIpc) is 3.65. The maximum absolute atomic E-state index is 14.9. The third-order valence-electron chi connectivity index (χ3n) is 12.5. The summed E-state index contributed by atoms with van der Waals surface area (Å²) in [7, 11) is -1.13. The fraction of sp³-hybridized carbons (Fsp3) is 0.628. The van der Waals surface area contributed by atoms with Crippen molar-refractivity contribution in [1.82, 2.24) is 0 Å². The molecule has 2 amide bonds. The van der Waals surface area contributed by atoms with E-state index in [1.165, 1.54) is 32.1 Å². The van der Waals surface area contributed by atoms with E-state index in [1.807, 2.05) is 102 Å². The van der Waals surface area contributed by atoms with Crippen LogP contribution in [0.1, 0.15) is 139 Å². The Morgan fingerprint density at radius 3 is 1.40 bits per heavy atom. The Morgan fingerprint density at radius 1 is 0.585 bits per heavy atom. The van der Waals surface area contributed by atoms with Gasteiger partial charge in [0.15, 0.2) is 0 Å². The summed E-state index contributed by atoms with van der Waals surface area (Å²) in [5, 5.41) is 0. The highest BCUT2D eigenvalue weighted by Crippen LogP contribution is 2.47. The fourth-order valence-electron chi connectivity index (χ4n) is 7.82. The lowest BCUT2D eigenvalue weighted by molar-refractivity contribution is -0.114. The molecule has 0 radical (unpaired) electrons. The van der Waals surface area contributed by atoms with Crippen LogP contribution in [0.15, 0.2) is 36.4 Å². The van der Waals surface area contributed by atoms with Crippen LogP contribution in [0.5, 0.6) is 0 Å². The zero-order valence-electron chi connectivity index (χ0n) is 34.5. The van der Waals surface area contributed by atoms with Crippen LogP contribution in [0.4, 0.5) is 11.4 Å². The number of unbranched alkanes of at least 4 members (excludes halogenated alkanes) is 5. The van der Waals surface area contributed by atoms with Crippen LogP contribution in [0, 0.1) is 11.8 Å². The van der Waals surface area contributed by atoms with Crippen molar-refractivity contribution < 1.29 is 28.2 Å². The van der Waals surface area contributed by atoms with E-state index in [-0.39, 0.29) is 23.7 Å². The number of amides is 2. The summed E-state index contributed by atoms with van der Waals surface area (Å²) < 4.78 is 25.7. The van der Waals surface area contributed by atoms with Crippen molar-refractivity contribution in [3.8, 4) is 0 Å². The van der Waals surface area contributed by atoms with E-state index in [4.69, 9.17) is 18.6 Å². The molecule has 286 valence electrons. The molecular formula is C43H62B2N2O6. The lowest BCUT2D eigenvalue weighted by atomic mass is 9.77. The number of rotatable bonds is 13. The molecule has 10 heteroatoms. The van der Waals surface area contributed by atoms with Gasteiger partial charge in [-0.2, -0.15) is 0 Å². The van der Waals surface area contributed by atoms with Crippen molar-refractivity contribution >= 4 is 59.5 Å². The van der Waals surface area contributed by atoms with Gasteiger partial charge in [-0.15, -0.1) is 0 Å². The number of benzene rings is 2. The molecule has 8 nitrogen and oxygen atoms in total. The van der Waals surface area contributed by atoms with Crippen LogP contribution >= 0.6 is 0 Å². The average molecular weight is 725 g/mol. The minimum absolute atomic E-state index is 0.128. The minimum Gasteiger partial charge on any atom is -0.399 e. The monoisotopic (exact) mass is 724 g/mol. The fourth-order valence-corrected chi connectivity index (χ4v) is 7.82. The third-order valence-corrected chi connectivity index (χ3v) is 12.5. The van der Waals surface area contributed by atoms with E-state index in [9.17, 15) is 9.59 Å². The molecule has 0 saturated carbocycles. The first-order valence-electron chi connectivity index (χ1n) is 20.2. The van der Waals surface area contributed by atoms with E-state index in [0.29, 0.717) is 24.2 Å². The first-order valence-corrected chi connectivity index (χ1v) is 20.2. The Balaban J connectivity index is 1.40. The van der Waals surface area contributed by atoms with Gasteiger partial charge in [-0.3, -0.25) is 9.59 Å². The maximum atomic E-state index is 14.9. The van der Waals surface area contributed by atoms with Gasteiger partial charge < -0.3 is 28.4 Å². The van der Waals surface area contributed by atoms with Crippen LogP contribution in [0.25, 0.3) is 11.1 Å². The van der Waals surface area contributed by atoms with E-state index in [1.54, 1.807) is 0 Å². The largest absolute Gasteiger partial charge is 0.494 e. The molecule has 4 heterocycles. The number of carbonyl (C=O) groups excluding carboxylic acids is 2. The SMILES string of the molecule is CCCCCCCCC(C)CN1C(=O)/C(=C2/C(=O)N(CC(C)C)c3cc(B4OC(C)(C)C(C)(C)O4)ccc32)c2ccc(B3OC(C)(C)C(C)(C)O3)cc21. The number of anilines is 2. The zero-order chi connectivity index (χ0) is 38.7. The first-order chi connectivity index (χ1) is 24.8. The van der Waals surface area contributed by atoms with Gasteiger partial charge in [0.05, 0.1) is 44.9 Å². The summed E-state index contributed by atoms with van der Waals surface area (Å²) in [6, 6.07) is 12.0. The molecule has 1 atom stereocenters. The lowest BCUT2D eigenvalue weighted by Gasteiger charge is -2.32. The molecule has 0 aliphatic carbocycles. The predicted octanol–water partition coefficient (Wildman–Crippen LogP) is 7.93. The number of fused-ring (bicyclic) bond motifs is 2. The summed E-state index contributed by atoms with van der Waals surface area (Å²) in [5.41, 5.74) is 3.80. The Labute approximate surface area is 319 Å². The van der Waals surface area contributed by atoms with Gasteiger partial charge in [0.1, 0.15) is 0 Å². The van der Waals surface area contributed by atoms with Crippen molar-refractivity contribution in [2.24, 2.45) is 11.8 Å². The van der Waals surface area contributed by atoms with E-state index < -0.39 is 36.6 Å². The molecule has 0 spiro atoms. The van der Waals surface area contributed by atoms with Crippen LogP contribution in [-0.2, 0) is 28.2 Å². The molecule has 4 aliphatic heterocycles.